The van der Waals surface area contributed by atoms with E-state index in [4.69, 9.17) is 23.2 Å². The zero-order valence-electron chi connectivity index (χ0n) is 8.45. The molecule has 86 valence electrons. The van der Waals surface area contributed by atoms with Crippen LogP contribution in [0.25, 0.3) is 0 Å². The summed E-state index contributed by atoms with van der Waals surface area (Å²) in [7, 11) is 0. The van der Waals surface area contributed by atoms with Gasteiger partial charge in [-0.3, -0.25) is 9.78 Å². The second-order valence-corrected chi connectivity index (χ2v) is 4.22. The molecule has 0 atom stereocenters. The summed E-state index contributed by atoms with van der Waals surface area (Å²) in [6.07, 6.45) is 2.34. The fraction of sp³-hybridized carbons (Fsp3) is 0. The first-order valence-corrected chi connectivity index (χ1v) is 5.44. The Morgan fingerprint density at radius 2 is 1.82 bits per heavy atom. The van der Waals surface area contributed by atoms with Crippen molar-refractivity contribution >= 4 is 29.0 Å². The number of ketones is 1. The van der Waals surface area contributed by atoms with E-state index in [-0.39, 0.29) is 11.1 Å². The van der Waals surface area contributed by atoms with Crippen molar-refractivity contribution in [2.24, 2.45) is 0 Å². The third-order valence-corrected chi connectivity index (χ3v) is 2.58. The molecular formula is C12H6Cl2FNO. The highest BCUT2D eigenvalue weighted by molar-refractivity contribution is 6.35. The van der Waals surface area contributed by atoms with Gasteiger partial charge < -0.3 is 0 Å². The average Bonchev–Trinajstić information content (AvgIpc) is 2.27. The molecule has 0 N–H and O–H groups in total. The monoisotopic (exact) mass is 269 g/mol. The molecule has 0 aliphatic carbocycles. The predicted molar refractivity (Wildman–Crippen MR) is 64.1 cm³/mol. The van der Waals surface area contributed by atoms with E-state index in [0.29, 0.717) is 10.0 Å². The highest BCUT2D eigenvalue weighted by Crippen LogP contribution is 2.21. The first kappa shape index (κ1) is 12.0. The standard InChI is InChI=1S/C12H6Cl2FNO/c13-8-3-7(4-9(14)5-8)12(17)10-1-2-16-6-11(10)15/h1-6H. The molecule has 2 aromatic rings. The Morgan fingerprint density at radius 3 is 2.41 bits per heavy atom. The summed E-state index contributed by atoms with van der Waals surface area (Å²) in [5.74, 6) is -1.15. The molecule has 0 bridgehead atoms. The van der Waals surface area contributed by atoms with Crippen LogP contribution in [0.15, 0.2) is 36.7 Å². The van der Waals surface area contributed by atoms with Crippen molar-refractivity contribution in [3.05, 3.63) is 63.6 Å². The Morgan fingerprint density at radius 1 is 1.18 bits per heavy atom. The van der Waals surface area contributed by atoms with E-state index < -0.39 is 11.6 Å². The summed E-state index contributed by atoms with van der Waals surface area (Å²) < 4.78 is 13.4. The second-order valence-electron chi connectivity index (χ2n) is 3.34. The molecule has 0 saturated heterocycles. The fourth-order valence-corrected chi connectivity index (χ4v) is 1.93. The lowest BCUT2D eigenvalue weighted by Crippen LogP contribution is -2.04. The number of halogens is 3. The molecule has 1 heterocycles. The van der Waals surface area contributed by atoms with Crippen LogP contribution in [0.1, 0.15) is 15.9 Å². The van der Waals surface area contributed by atoms with Crippen LogP contribution < -0.4 is 0 Å². The highest BCUT2D eigenvalue weighted by atomic mass is 35.5. The van der Waals surface area contributed by atoms with Crippen molar-refractivity contribution in [2.75, 3.05) is 0 Å². The van der Waals surface area contributed by atoms with Gasteiger partial charge in [-0.2, -0.15) is 0 Å². The number of carbonyl (C=O) groups is 1. The molecule has 0 amide bonds. The van der Waals surface area contributed by atoms with Crippen LogP contribution >= 0.6 is 23.2 Å². The lowest BCUT2D eigenvalue weighted by atomic mass is 10.0. The fourth-order valence-electron chi connectivity index (χ4n) is 1.40. The maximum Gasteiger partial charge on any atom is 0.196 e. The highest BCUT2D eigenvalue weighted by Gasteiger charge is 2.14. The van der Waals surface area contributed by atoms with E-state index in [9.17, 15) is 9.18 Å². The molecule has 17 heavy (non-hydrogen) atoms. The minimum Gasteiger partial charge on any atom is -0.288 e. The van der Waals surface area contributed by atoms with Gasteiger partial charge in [0.2, 0.25) is 0 Å². The van der Waals surface area contributed by atoms with E-state index in [0.717, 1.165) is 6.20 Å². The maximum absolute atomic E-state index is 13.4. The molecular weight excluding hydrogens is 264 g/mol. The molecule has 2 rings (SSSR count). The molecule has 1 aromatic carbocycles. The SMILES string of the molecule is O=C(c1cc(Cl)cc(Cl)c1)c1ccncc1F. The zero-order chi connectivity index (χ0) is 12.4. The Hall–Kier alpha value is -1.45. The smallest absolute Gasteiger partial charge is 0.196 e. The molecule has 0 aliphatic rings. The minimum atomic E-state index is -0.673. The first-order chi connectivity index (χ1) is 8.08. The van der Waals surface area contributed by atoms with Crippen LogP contribution in [-0.4, -0.2) is 10.8 Å². The summed E-state index contributed by atoms with van der Waals surface area (Å²) in [5, 5.41) is 0.658. The molecule has 0 aliphatic heterocycles. The lowest BCUT2D eigenvalue weighted by molar-refractivity contribution is 0.103. The number of benzene rings is 1. The van der Waals surface area contributed by atoms with Gasteiger partial charge in [0.15, 0.2) is 11.6 Å². The Labute approximate surface area is 107 Å². The van der Waals surface area contributed by atoms with Gasteiger partial charge in [-0.15, -0.1) is 0 Å². The van der Waals surface area contributed by atoms with Crippen LogP contribution in [0.4, 0.5) is 4.39 Å². The topological polar surface area (TPSA) is 30.0 Å². The van der Waals surface area contributed by atoms with Crippen molar-refractivity contribution in [1.29, 1.82) is 0 Å². The van der Waals surface area contributed by atoms with Gasteiger partial charge in [0.25, 0.3) is 0 Å². The average molecular weight is 270 g/mol. The Bertz CT molecular complexity index is 566. The van der Waals surface area contributed by atoms with Gasteiger partial charge in [-0.1, -0.05) is 23.2 Å². The van der Waals surface area contributed by atoms with Gasteiger partial charge >= 0.3 is 0 Å². The molecule has 0 unspecified atom stereocenters. The van der Waals surface area contributed by atoms with E-state index in [1.165, 1.54) is 30.5 Å². The molecule has 0 saturated carbocycles. The molecule has 0 fully saturated rings. The van der Waals surface area contributed by atoms with Crippen LogP contribution in [0.2, 0.25) is 10.0 Å². The van der Waals surface area contributed by atoms with Crippen molar-refractivity contribution in [1.82, 2.24) is 4.98 Å². The van der Waals surface area contributed by atoms with E-state index in [1.807, 2.05) is 0 Å². The number of pyridine rings is 1. The molecule has 5 heteroatoms. The van der Waals surface area contributed by atoms with Crippen LogP contribution in [0.3, 0.4) is 0 Å². The van der Waals surface area contributed by atoms with E-state index in [2.05, 4.69) is 4.98 Å². The number of nitrogens with zero attached hydrogens (tertiary/aromatic N) is 1. The van der Waals surface area contributed by atoms with Gasteiger partial charge in [0.1, 0.15) is 0 Å². The largest absolute Gasteiger partial charge is 0.288 e. The van der Waals surface area contributed by atoms with Crippen LogP contribution in [-0.2, 0) is 0 Å². The van der Waals surface area contributed by atoms with Gasteiger partial charge in [0.05, 0.1) is 11.8 Å². The predicted octanol–water partition coefficient (Wildman–Crippen LogP) is 3.76. The summed E-state index contributed by atoms with van der Waals surface area (Å²) >= 11 is 11.6. The maximum atomic E-state index is 13.4. The van der Waals surface area contributed by atoms with Crippen molar-refractivity contribution < 1.29 is 9.18 Å². The summed E-state index contributed by atoms with van der Waals surface area (Å²) in [4.78, 5) is 15.6. The summed E-state index contributed by atoms with van der Waals surface area (Å²) in [5.41, 5.74) is 0.186. The molecule has 2 nitrogen and oxygen atoms in total. The van der Waals surface area contributed by atoms with Crippen LogP contribution in [0, 0.1) is 5.82 Å². The number of hydrogen-bond acceptors (Lipinski definition) is 2. The molecule has 0 spiro atoms. The number of hydrogen-bond donors (Lipinski definition) is 0. The first-order valence-electron chi connectivity index (χ1n) is 4.68. The second kappa shape index (κ2) is 4.82. The number of carbonyl (C=O) groups excluding carboxylic acids is 1. The minimum absolute atomic E-state index is 0.0571. The Kier molecular flexibility index (Phi) is 3.41. The third-order valence-electron chi connectivity index (χ3n) is 2.14. The summed E-state index contributed by atoms with van der Waals surface area (Å²) in [6.45, 7) is 0. The molecule has 1 aromatic heterocycles. The zero-order valence-corrected chi connectivity index (χ0v) is 9.97. The van der Waals surface area contributed by atoms with Crippen LogP contribution in [0.5, 0.6) is 0 Å². The quantitative estimate of drug-likeness (QED) is 0.778. The molecule has 0 radical (unpaired) electrons. The lowest BCUT2D eigenvalue weighted by Gasteiger charge is -2.03. The number of aromatic nitrogens is 1. The van der Waals surface area contributed by atoms with E-state index in [1.54, 1.807) is 0 Å². The third kappa shape index (κ3) is 2.62. The van der Waals surface area contributed by atoms with Crippen molar-refractivity contribution in [3.8, 4) is 0 Å². The summed E-state index contributed by atoms with van der Waals surface area (Å²) in [6, 6.07) is 5.69. The van der Waals surface area contributed by atoms with Gasteiger partial charge in [0, 0.05) is 21.8 Å². The Balaban J connectivity index is 2.48. The van der Waals surface area contributed by atoms with Gasteiger partial charge in [-0.25, -0.2) is 4.39 Å². The normalized spacial score (nSPS) is 10.3. The van der Waals surface area contributed by atoms with Crippen molar-refractivity contribution in [3.63, 3.8) is 0 Å². The van der Waals surface area contributed by atoms with Gasteiger partial charge in [-0.05, 0) is 24.3 Å². The van der Waals surface area contributed by atoms with E-state index >= 15 is 0 Å². The van der Waals surface area contributed by atoms with Crippen molar-refractivity contribution in [2.45, 2.75) is 0 Å². The number of rotatable bonds is 2.